The fourth-order valence-electron chi connectivity index (χ4n) is 2.87. The largest absolute Gasteiger partial charge is 0.489 e. The molecule has 1 heterocycles. The Bertz CT molecular complexity index is 785. The van der Waals surface area contributed by atoms with Crippen LogP contribution < -0.4 is 20.8 Å². The molecule has 0 aliphatic carbocycles. The van der Waals surface area contributed by atoms with E-state index in [-0.39, 0.29) is 5.11 Å². The van der Waals surface area contributed by atoms with Gasteiger partial charge in [0.1, 0.15) is 12.4 Å². The first-order valence-corrected chi connectivity index (χ1v) is 9.35. The summed E-state index contributed by atoms with van der Waals surface area (Å²) < 4.78 is 5.98. The summed E-state index contributed by atoms with van der Waals surface area (Å²) in [5.74, 6) is 0.887. The highest BCUT2D eigenvalue weighted by molar-refractivity contribution is 7.80. The van der Waals surface area contributed by atoms with E-state index in [1.807, 2.05) is 30.3 Å². The molecule has 1 fully saturated rings. The Labute approximate surface area is 165 Å². The zero-order valence-electron chi connectivity index (χ0n) is 15.5. The molecule has 1 aliphatic heterocycles. The van der Waals surface area contributed by atoms with Gasteiger partial charge in [-0.1, -0.05) is 30.3 Å². The summed E-state index contributed by atoms with van der Waals surface area (Å²) in [7, 11) is 2.16. The minimum Gasteiger partial charge on any atom is -0.489 e. The van der Waals surface area contributed by atoms with Gasteiger partial charge in [0.2, 0.25) is 0 Å². The molecular formula is C20H25N5OS. The number of piperazine rings is 1. The Morgan fingerprint density at radius 2 is 1.93 bits per heavy atom. The third-order valence-corrected chi connectivity index (χ3v) is 4.55. The van der Waals surface area contributed by atoms with Gasteiger partial charge in [0.05, 0.1) is 6.21 Å². The van der Waals surface area contributed by atoms with Crippen molar-refractivity contribution < 1.29 is 4.74 Å². The Kier molecular flexibility index (Phi) is 6.62. The summed E-state index contributed by atoms with van der Waals surface area (Å²) in [4.78, 5) is 4.76. The quantitative estimate of drug-likeness (QED) is 0.453. The van der Waals surface area contributed by atoms with Crippen molar-refractivity contribution in [3.05, 3.63) is 59.7 Å². The van der Waals surface area contributed by atoms with Gasteiger partial charge < -0.3 is 20.3 Å². The summed E-state index contributed by atoms with van der Waals surface area (Å²) >= 11 is 4.70. The molecule has 7 heteroatoms. The number of ether oxygens (including phenoxy) is 1. The average Bonchev–Trinajstić information content (AvgIpc) is 2.68. The summed E-state index contributed by atoms with van der Waals surface area (Å²) in [6, 6.07) is 16.3. The van der Waals surface area contributed by atoms with Gasteiger partial charge in [0, 0.05) is 37.9 Å². The molecule has 0 radical (unpaired) electrons. The van der Waals surface area contributed by atoms with E-state index in [1.54, 1.807) is 6.21 Å². The second-order valence-electron chi connectivity index (χ2n) is 6.55. The van der Waals surface area contributed by atoms with Crippen molar-refractivity contribution in [2.75, 3.05) is 38.1 Å². The number of likely N-dealkylation sites (N-methyl/N-ethyl adjacent to an activating group) is 1. The molecule has 0 aromatic heterocycles. The van der Waals surface area contributed by atoms with Crippen molar-refractivity contribution in [1.82, 2.24) is 10.3 Å². The molecule has 0 unspecified atom stereocenters. The lowest BCUT2D eigenvalue weighted by molar-refractivity contribution is 0.304. The van der Waals surface area contributed by atoms with Gasteiger partial charge in [-0.2, -0.15) is 5.10 Å². The van der Waals surface area contributed by atoms with Crippen molar-refractivity contribution in [3.8, 4) is 5.75 Å². The molecular weight excluding hydrogens is 358 g/mol. The van der Waals surface area contributed by atoms with E-state index in [0.717, 1.165) is 43.1 Å². The summed E-state index contributed by atoms with van der Waals surface area (Å²) in [6.45, 7) is 4.80. The molecule has 3 N–H and O–H groups in total. The van der Waals surface area contributed by atoms with Gasteiger partial charge in [-0.15, -0.1) is 0 Å². The standard InChI is InChI=1S/C20H25N5OS/c1-24-9-11-25(12-10-24)18-3-2-4-19(13-18)26-15-17-7-5-16(6-8-17)14-22-23-20(21)27/h2-8,13-14H,9-12,15H2,1H3,(H3,21,23,27)/b22-14+. The molecule has 2 aromatic rings. The van der Waals surface area contributed by atoms with Crippen molar-refractivity contribution in [2.45, 2.75) is 6.61 Å². The minimum atomic E-state index is 0.148. The van der Waals surface area contributed by atoms with E-state index < -0.39 is 0 Å². The van der Waals surface area contributed by atoms with Crippen molar-refractivity contribution >= 4 is 29.2 Å². The van der Waals surface area contributed by atoms with Gasteiger partial charge in [-0.3, -0.25) is 5.43 Å². The fourth-order valence-corrected chi connectivity index (χ4v) is 2.92. The molecule has 0 bridgehead atoms. The van der Waals surface area contributed by atoms with E-state index in [9.17, 15) is 0 Å². The number of nitrogens with two attached hydrogens (primary N) is 1. The maximum atomic E-state index is 5.98. The number of rotatable bonds is 6. The van der Waals surface area contributed by atoms with Crippen molar-refractivity contribution in [1.29, 1.82) is 0 Å². The third kappa shape index (κ3) is 5.94. The van der Waals surface area contributed by atoms with Crippen LogP contribution in [0.4, 0.5) is 5.69 Å². The van der Waals surface area contributed by atoms with Gasteiger partial charge in [0.25, 0.3) is 0 Å². The Hall–Kier alpha value is -2.64. The average molecular weight is 384 g/mol. The lowest BCUT2D eigenvalue weighted by Crippen LogP contribution is -2.44. The van der Waals surface area contributed by atoms with Crippen LogP contribution in [0, 0.1) is 0 Å². The number of thiocarbonyl (C=S) groups is 1. The van der Waals surface area contributed by atoms with Crippen LogP contribution in [0.2, 0.25) is 0 Å². The molecule has 0 saturated carbocycles. The Morgan fingerprint density at radius 1 is 1.19 bits per heavy atom. The molecule has 3 rings (SSSR count). The highest BCUT2D eigenvalue weighted by Gasteiger charge is 2.14. The van der Waals surface area contributed by atoms with Crippen LogP contribution >= 0.6 is 12.2 Å². The first kappa shape index (κ1) is 19.1. The van der Waals surface area contributed by atoms with Crippen LogP contribution in [0.5, 0.6) is 5.75 Å². The maximum absolute atomic E-state index is 5.98. The lowest BCUT2D eigenvalue weighted by Gasteiger charge is -2.34. The second-order valence-corrected chi connectivity index (χ2v) is 6.99. The number of nitrogens with zero attached hydrogens (tertiary/aromatic N) is 3. The Balaban J connectivity index is 1.54. The molecule has 1 aliphatic rings. The molecule has 6 nitrogen and oxygen atoms in total. The summed E-state index contributed by atoms with van der Waals surface area (Å²) in [5.41, 5.74) is 11.1. The molecule has 0 spiro atoms. The Morgan fingerprint density at radius 3 is 2.63 bits per heavy atom. The highest BCUT2D eigenvalue weighted by Crippen LogP contribution is 2.23. The van der Waals surface area contributed by atoms with E-state index in [4.69, 9.17) is 22.7 Å². The number of benzene rings is 2. The molecule has 27 heavy (non-hydrogen) atoms. The molecule has 142 valence electrons. The maximum Gasteiger partial charge on any atom is 0.184 e. The monoisotopic (exact) mass is 383 g/mol. The fraction of sp³-hybridized carbons (Fsp3) is 0.300. The zero-order chi connectivity index (χ0) is 19.1. The van der Waals surface area contributed by atoms with Crippen LogP contribution in [0.1, 0.15) is 11.1 Å². The zero-order valence-corrected chi connectivity index (χ0v) is 16.3. The predicted octanol–water partition coefficient (Wildman–Crippen LogP) is 2.18. The predicted molar refractivity (Wildman–Crippen MR) is 114 cm³/mol. The van der Waals surface area contributed by atoms with Crippen LogP contribution in [-0.4, -0.2) is 49.5 Å². The van der Waals surface area contributed by atoms with Gasteiger partial charge in [-0.25, -0.2) is 0 Å². The van der Waals surface area contributed by atoms with E-state index >= 15 is 0 Å². The third-order valence-electron chi connectivity index (χ3n) is 4.46. The second kappa shape index (κ2) is 9.34. The van der Waals surface area contributed by atoms with Crippen LogP contribution in [0.15, 0.2) is 53.6 Å². The van der Waals surface area contributed by atoms with Crippen LogP contribution in [-0.2, 0) is 6.61 Å². The summed E-state index contributed by atoms with van der Waals surface area (Å²) in [6.07, 6.45) is 1.67. The summed E-state index contributed by atoms with van der Waals surface area (Å²) in [5, 5.41) is 4.09. The van der Waals surface area contributed by atoms with E-state index in [1.165, 1.54) is 5.69 Å². The number of hydrogen-bond acceptors (Lipinski definition) is 5. The van der Waals surface area contributed by atoms with Crippen LogP contribution in [0.25, 0.3) is 0 Å². The lowest BCUT2D eigenvalue weighted by atomic mass is 10.1. The van der Waals surface area contributed by atoms with Crippen LogP contribution in [0.3, 0.4) is 0 Å². The number of anilines is 1. The number of hydrazone groups is 1. The smallest absolute Gasteiger partial charge is 0.184 e. The minimum absolute atomic E-state index is 0.148. The van der Waals surface area contributed by atoms with Gasteiger partial charge in [0.15, 0.2) is 5.11 Å². The highest BCUT2D eigenvalue weighted by atomic mass is 32.1. The molecule has 0 atom stereocenters. The van der Waals surface area contributed by atoms with Crippen molar-refractivity contribution in [2.24, 2.45) is 10.8 Å². The molecule has 1 saturated heterocycles. The van der Waals surface area contributed by atoms with Gasteiger partial charge in [-0.05, 0) is 42.5 Å². The number of nitrogens with one attached hydrogen (secondary N) is 1. The first-order chi connectivity index (χ1) is 13.1. The van der Waals surface area contributed by atoms with E-state index in [2.05, 4.69) is 45.6 Å². The molecule has 0 amide bonds. The topological polar surface area (TPSA) is 66.1 Å². The normalized spacial score (nSPS) is 15.1. The number of hydrogen-bond donors (Lipinski definition) is 2. The van der Waals surface area contributed by atoms with Crippen molar-refractivity contribution in [3.63, 3.8) is 0 Å². The first-order valence-electron chi connectivity index (χ1n) is 8.94. The van der Waals surface area contributed by atoms with E-state index in [0.29, 0.717) is 6.61 Å². The molecule has 2 aromatic carbocycles. The van der Waals surface area contributed by atoms with Gasteiger partial charge >= 0.3 is 0 Å². The SMILES string of the molecule is CN1CCN(c2cccc(OCc3ccc(/C=N/NC(N)=S)cc3)c2)CC1.